The average Bonchev–Trinajstić information content (AvgIpc) is 3.27. The molecule has 1 aromatic heterocycles. The molecule has 1 heterocycles. The molecule has 0 fully saturated rings. The van der Waals surface area contributed by atoms with Crippen molar-refractivity contribution in [3.05, 3.63) is 93.8 Å². The summed E-state index contributed by atoms with van der Waals surface area (Å²) in [6.45, 7) is 0. The van der Waals surface area contributed by atoms with E-state index in [-0.39, 0.29) is 5.91 Å². The van der Waals surface area contributed by atoms with Crippen molar-refractivity contribution in [2.45, 2.75) is 12.8 Å². The molecule has 0 saturated carbocycles. The molecule has 0 atom stereocenters. The highest BCUT2D eigenvalue weighted by Gasteiger charge is 2.15. The third-order valence-corrected chi connectivity index (χ3v) is 6.50. The average molecular weight is 535 g/mol. The number of halogens is 1. The highest BCUT2D eigenvalue weighted by molar-refractivity contribution is 9.10. The van der Waals surface area contributed by atoms with E-state index in [1.54, 1.807) is 24.7 Å². The van der Waals surface area contributed by atoms with Crippen LogP contribution in [0.5, 0.6) is 5.75 Å². The molecule has 8 heteroatoms. The van der Waals surface area contributed by atoms with E-state index in [2.05, 4.69) is 31.8 Å². The Balaban J connectivity index is 1.46. The number of para-hydroxylation sites is 1. The van der Waals surface area contributed by atoms with Gasteiger partial charge < -0.3 is 10.1 Å². The number of aryl methyl sites for hydroxylation is 1. The lowest BCUT2D eigenvalue weighted by molar-refractivity contribution is -0.121. The van der Waals surface area contributed by atoms with Crippen LogP contribution in [0.2, 0.25) is 0 Å². The number of nitrogens with one attached hydrogen (secondary N) is 2. The molecule has 2 N–H and O–H groups in total. The number of nitrogens with zero attached hydrogens (tertiary/aromatic N) is 2. The van der Waals surface area contributed by atoms with Gasteiger partial charge in [-0.15, -0.1) is 11.3 Å². The second-order valence-corrected chi connectivity index (χ2v) is 9.35. The van der Waals surface area contributed by atoms with E-state index in [1.807, 2.05) is 78.9 Å². The van der Waals surface area contributed by atoms with E-state index in [9.17, 15) is 4.79 Å². The van der Waals surface area contributed by atoms with Gasteiger partial charge in [0.05, 0.1) is 19.0 Å². The zero-order valence-electron chi connectivity index (χ0n) is 18.5. The second-order valence-electron chi connectivity index (χ2n) is 7.36. The fourth-order valence-corrected chi connectivity index (χ4v) is 4.47. The predicted molar refractivity (Wildman–Crippen MR) is 142 cm³/mol. The number of anilines is 2. The third-order valence-electron chi connectivity index (χ3n) is 4.94. The number of benzene rings is 3. The molecule has 4 aromatic rings. The molecule has 0 aliphatic carbocycles. The van der Waals surface area contributed by atoms with Crippen molar-refractivity contribution in [1.82, 2.24) is 10.4 Å². The van der Waals surface area contributed by atoms with Crippen LogP contribution in [0, 0.1) is 0 Å². The lowest BCUT2D eigenvalue weighted by Gasteiger charge is -2.04. The molecular formula is C26H23BrN4O2S. The number of carbonyl (C=O) groups excluding carboxylic acids is 1. The van der Waals surface area contributed by atoms with E-state index in [0.717, 1.165) is 42.7 Å². The summed E-state index contributed by atoms with van der Waals surface area (Å²) in [7, 11) is 1.64. The molecule has 0 spiro atoms. The number of ether oxygens (including phenoxy) is 1. The van der Waals surface area contributed by atoms with E-state index >= 15 is 0 Å². The SMILES string of the molecule is COc1ccc(-c2nc(Nc3ccccc3)sc2CCC(=O)NN=Cc2ccc(Br)cc2)cc1. The summed E-state index contributed by atoms with van der Waals surface area (Å²) in [5.41, 5.74) is 6.31. The summed E-state index contributed by atoms with van der Waals surface area (Å²) >= 11 is 4.95. The van der Waals surface area contributed by atoms with Gasteiger partial charge >= 0.3 is 0 Å². The monoisotopic (exact) mass is 534 g/mol. The van der Waals surface area contributed by atoms with Crippen molar-refractivity contribution in [1.29, 1.82) is 0 Å². The number of methoxy groups -OCH3 is 1. The number of carbonyl (C=O) groups is 1. The van der Waals surface area contributed by atoms with Crippen LogP contribution in [0.15, 0.2) is 88.4 Å². The molecule has 0 aliphatic rings. The minimum atomic E-state index is -0.153. The van der Waals surface area contributed by atoms with Crippen LogP contribution in [0.1, 0.15) is 16.9 Å². The van der Waals surface area contributed by atoms with Gasteiger partial charge in [0.2, 0.25) is 5.91 Å². The van der Waals surface area contributed by atoms with Crippen molar-refractivity contribution in [3.8, 4) is 17.0 Å². The molecule has 0 radical (unpaired) electrons. The van der Waals surface area contributed by atoms with Gasteiger partial charge in [-0.1, -0.05) is 46.3 Å². The second kappa shape index (κ2) is 11.6. The smallest absolute Gasteiger partial charge is 0.240 e. The summed E-state index contributed by atoms with van der Waals surface area (Å²) in [5.74, 6) is 0.631. The Morgan fingerprint density at radius 3 is 2.50 bits per heavy atom. The van der Waals surface area contributed by atoms with Crippen LogP contribution in [0.3, 0.4) is 0 Å². The van der Waals surface area contributed by atoms with Crippen molar-refractivity contribution in [3.63, 3.8) is 0 Å². The molecule has 3 aromatic carbocycles. The Morgan fingerprint density at radius 2 is 1.79 bits per heavy atom. The highest BCUT2D eigenvalue weighted by atomic mass is 79.9. The fourth-order valence-electron chi connectivity index (χ4n) is 3.20. The van der Waals surface area contributed by atoms with Crippen LogP contribution in [-0.4, -0.2) is 24.2 Å². The van der Waals surface area contributed by atoms with Gasteiger partial charge in [0, 0.05) is 27.0 Å². The quantitative estimate of drug-likeness (QED) is 0.192. The molecule has 1 amide bonds. The van der Waals surface area contributed by atoms with E-state index in [1.165, 1.54) is 0 Å². The van der Waals surface area contributed by atoms with Gasteiger partial charge in [0.15, 0.2) is 5.13 Å². The van der Waals surface area contributed by atoms with Crippen LogP contribution >= 0.6 is 27.3 Å². The molecule has 0 aliphatic heterocycles. The summed E-state index contributed by atoms with van der Waals surface area (Å²) in [6, 6.07) is 25.4. The number of hydrazone groups is 1. The highest BCUT2D eigenvalue weighted by Crippen LogP contribution is 2.34. The van der Waals surface area contributed by atoms with Gasteiger partial charge in [0.1, 0.15) is 5.75 Å². The molecule has 6 nitrogen and oxygen atoms in total. The molecule has 172 valence electrons. The zero-order chi connectivity index (χ0) is 23.8. The molecule has 4 rings (SSSR count). The van der Waals surface area contributed by atoms with Crippen LogP contribution in [-0.2, 0) is 11.2 Å². The standard InChI is InChI=1S/C26H23BrN4O2S/c1-33-22-13-9-19(10-14-22)25-23(34-26(30-25)29-21-5-3-2-4-6-21)15-16-24(32)31-28-17-18-7-11-20(27)12-8-18/h2-14,17H,15-16H2,1H3,(H,29,30)(H,31,32). The number of amides is 1. The van der Waals surface area contributed by atoms with E-state index in [0.29, 0.717) is 12.8 Å². The van der Waals surface area contributed by atoms with Gasteiger partial charge in [-0.3, -0.25) is 4.79 Å². The minimum Gasteiger partial charge on any atom is -0.497 e. The van der Waals surface area contributed by atoms with Gasteiger partial charge in [-0.05, 0) is 60.5 Å². The first-order chi connectivity index (χ1) is 16.6. The van der Waals surface area contributed by atoms with Crippen molar-refractivity contribution < 1.29 is 9.53 Å². The Kier molecular flexibility index (Phi) is 8.06. The Bertz CT molecular complexity index is 1260. The molecule has 34 heavy (non-hydrogen) atoms. The minimum absolute atomic E-state index is 0.153. The van der Waals surface area contributed by atoms with Crippen LogP contribution in [0.4, 0.5) is 10.8 Å². The number of hydrogen-bond donors (Lipinski definition) is 2. The number of thiazole rings is 1. The number of hydrogen-bond acceptors (Lipinski definition) is 6. The maximum atomic E-state index is 12.4. The first kappa shape index (κ1) is 23.7. The van der Waals surface area contributed by atoms with Crippen LogP contribution < -0.4 is 15.5 Å². The topological polar surface area (TPSA) is 75.6 Å². The summed E-state index contributed by atoms with van der Waals surface area (Å²) < 4.78 is 6.27. The Labute approximate surface area is 210 Å². The molecule has 0 bridgehead atoms. The summed E-state index contributed by atoms with van der Waals surface area (Å²) in [4.78, 5) is 18.3. The molecule has 0 saturated heterocycles. The molecular weight excluding hydrogens is 512 g/mol. The maximum absolute atomic E-state index is 12.4. The van der Waals surface area contributed by atoms with Gasteiger partial charge in [-0.25, -0.2) is 10.4 Å². The van der Waals surface area contributed by atoms with Crippen molar-refractivity contribution >= 4 is 50.2 Å². The summed E-state index contributed by atoms with van der Waals surface area (Å²) in [6.07, 6.45) is 2.48. The number of aromatic nitrogens is 1. The first-order valence-electron chi connectivity index (χ1n) is 10.6. The normalized spacial score (nSPS) is 10.9. The van der Waals surface area contributed by atoms with Crippen LogP contribution in [0.25, 0.3) is 11.3 Å². The largest absolute Gasteiger partial charge is 0.497 e. The lowest BCUT2D eigenvalue weighted by Crippen LogP contribution is -2.17. The maximum Gasteiger partial charge on any atom is 0.240 e. The first-order valence-corrected chi connectivity index (χ1v) is 12.3. The van der Waals surface area contributed by atoms with Crippen molar-refractivity contribution in [2.24, 2.45) is 5.10 Å². The Hall–Kier alpha value is -3.49. The number of rotatable bonds is 9. The van der Waals surface area contributed by atoms with Gasteiger partial charge in [-0.2, -0.15) is 5.10 Å². The van der Waals surface area contributed by atoms with E-state index in [4.69, 9.17) is 9.72 Å². The molecule has 0 unspecified atom stereocenters. The predicted octanol–water partition coefficient (Wildman–Crippen LogP) is 6.41. The van der Waals surface area contributed by atoms with E-state index < -0.39 is 0 Å². The van der Waals surface area contributed by atoms with Gasteiger partial charge in [0.25, 0.3) is 0 Å². The third kappa shape index (κ3) is 6.52. The lowest BCUT2D eigenvalue weighted by atomic mass is 10.1. The van der Waals surface area contributed by atoms with Crippen molar-refractivity contribution in [2.75, 3.05) is 12.4 Å². The zero-order valence-corrected chi connectivity index (χ0v) is 20.9. The summed E-state index contributed by atoms with van der Waals surface area (Å²) in [5, 5.41) is 8.20. The Morgan fingerprint density at radius 1 is 1.06 bits per heavy atom. The fraction of sp³-hybridized carbons (Fsp3) is 0.115.